The molecule has 0 aliphatic rings. The van der Waals surface area contributed by atoms with Crippen LogP contribution in [0.3, 0.4) is 0 Å². The third kappa shape index (κ3) is 5.03. The molecule has 0 unspecified atom stereocenters. The summed E-state index contributed by atoms with van der Waals surface area (Å²) >= 11 is 0. The number of hydrogen-bond donors (Lipinski definition) is 2. The van der Waals surface area contributed by atoms with Gasteiger partial charge in [-0.15, -0.1) is 12.4 Å². The summed E-state index contributed by atoms with van der Waals surface area (Å²) in [5, 5.41) is 11.3. The number of amides is 1. The first-order chi connectivity index (χ1) is 11.0. The van der Waals surface area contributed by atoms with Crippen LogP contribution in [0.1, 0.15) is 46.2 Å². The highest BCUT2D eigenvalue weighted by molar-refractivity contribution is 6.03. The molecule has 0 bridgehead atoms. The van der Waals surface area contributed by atoms with Crippen molar-refractivity contribution in [3.05, 3.63) is 59.2 Å². The lowest BCUT2D eigenvalue weighted by Crippen LogP contribution is -2.14. The summed E-state index contributed by atoms with van der Waals surface area (Å²) in [6.45, 7) is 2.10. The molecule has 5 nitrogen and oxygen atoms in total. The number of aryl methyl sites for hydroxylation is 1. The molecule has 0 fully saturated rings. The maximum Gasteiger partial charge on any atom is 0.338 e. The maximum absolute atomic E-state index is 13.6. The largest absolute Gasteiger partial charge is 0.478 e. The number of pyridine rings is 1. The van der Waals surface area contributed by atoms with E-state index in [1.54, 1.807) is 12.3 Å². The summed E-state index contributed by atoms with van der Waals surface area (Å²) in [6.07, 6.45) is 4.70. The monoisotopic (exact) mass is 352 g/mol. The van der Waals surface area contributed by atoms with Gasteiger partial charge < -0.3 is 10.4 Å². The minimum atomic E-state index is -1.36. The quantitative estimate of drug-likeness (QED) is 0.825. The topological polar surface area (TPSA) is 79.3 Å². The second-order valence-corrected chi connectivity index (χ2v) is 5.11. The van der Waals surface area contributed by atoms with Gasteiger partial charge in [0.1, 0.15) is 11.5 Å². The Bertz CT molecular complexity index is 720. The fraction of sp³-hybridized carbons (Fsp3) is 0.235. The molecule has 0 spiro atoms. The molecule has 2 aromatic rings. The second-order valence-electron chi connectivity index (χ2n) is 5.11. The second kappa shape index (κ2) is 8.98. The van der Waals surface area contributed by atoms with Gasteiger partial charge in [0.25, 0.3) is 5.91 Å². The number of hydrogen-bond acceptors (Lipinski definition) is 3. The summed E-state index contributed by atoms with van der Waals surface area (Å²) in [5.74, 6) is -2.74. The van der Waals surface area contributed by atoms with Crippen LogP contribution in [-0.4, -0.2) is 22.0 Å². The number of halogens is 2. The van der Waals surface area contributed by atoms with Gasteiger partial charge in [-0.2, -0.15) is 0 Å². The first kappa shape index (κ1) is 19.6. The predicted octanol–water partition coefficient (Wildman–Crippen LogP) is 3.94. The Morgan fingerprint density at radius 2 is 2.00 bits per heavy atom. The van der Waals surface area contributed by atoms with Gasteiger partial charge in [0, 0.05) is 11.9 Å². The summed E-state index contributed by atoms with van der Waals surface area (Å²) in [6, 6.07) is 6.86. The van der Waals surface area contributed by atoms with Gasteiger partial charge in [-0.05, 0) is 42.7 Å². The lowest BCUT2D eigenvalue weighted by Gasteiger charge is -2.07. The molecular weight excluding hydrogens is 335 g/mol. The number of aromatic carboxylic acids is 1. The van der Waals surface area contributed by atoms with E-state index in [1.165, 1.54) is 6.07 Å². The molecule has 0 atom stereocenters. The third-order valence-corrected chi connectivity index (χ3v) is 3.33. The van der Waals surface area contributed by atoms with Crippen LogP contribution in [0.4, 0.5) is 10.1 Å². The molecule has 0 aliphatic carbocycles. The minimum Gasteiger partial charge on any atom is -0.478 e. The lowest BCUT2D eigenvalue weighted by atomic mass is 10.1. The number of carboxylic acids is 1. The van der Waals surface area contributed by atoms with E-state index in [0.717, 1.165) is 37.0 Å². The molecule has 1 heterocycles. The fourth-order valence-electron chi connectivity index (χ4n) is 2.05. The van der Waals surface area contributed by atoms with Gasteiger partial charge in [-0.3, -0.25) is 9.78 Å². The number of nitrogens with one attached hydrogen (secondary N) is 1. The number of nitrogens with zero attached hydrogens (tertiary/aromatic N) is 1. The number of anilines is 1. The molecule has 7 heteroatoms. The molecule has 0 aliphatic heterocycles. The van der Waals surface area contributed by atoms with Crippen molar-refractivity contribution in [1.82, 2.24) is 4.98 Å². The van der Waals surface area contributed by atoms with Crippen LogP contribution < -0.4 is 5.32 Å². The Balaban J connectivity index is 0.00000288. The van der Waals surface area contributed by atoms with E-state index in [0.29, 0.717) is 0 Å². The van der Waals surface area contributed by atoms with Gasteiger partial charge in [0.2, 0.25) is 0 Å². The highest BCUT2D eigenvalue weighted by Crippen LogP contribution is 2.15. The van der Waals surface area contributed by atoms with Gasteiger partial charge in [-0.1, -0.05) is 19.4 Å². The van der Waals surface area contributed by atoms with E-state index in [2.05, 4.69) is 17.2 Å². The summed E-state index contributed by atoms with van der Waals surface area (Å²) in [7, 11) is 0. The van der Waals surface area contributed by atoms with Crippen LogP contribution in [0.2, 0.25) is 0 Å². The molecule has 2 N–H and O–H groups in total. The van der Waals surface area contributed by atoms with Gasteiger partial charge in [0.05, 0.1) is 5.56 Å². The van der Waals surface area contributed by atoms with Crippen molar-refractivity contribution in [3.8, 4) is 0 Å². The number of unbranched alkanes of at least 4 members (excludes halogenated alkanes) is 1. The molecule has 128 valence electrons. The van der Waals surface area contributed by atoms with Gasteiger partial charge in [-0.25, -0.2) is 9.18 Å². The molecule has 1 amide bonds. The fourth-order valence-corrected chi connectivity index (χ4v) is 2.05. The van der Waals surface area contributed by atoms with Crippen molar-refractivity contribution in [1.29, 1.82) is 0 Å². The normalized spacial score (nSPS) is 9.92. The van der Waals surface area contributed by atoms with Gasteiger partial charge >= 0.3 is 5.97 Å². The van der Waals surface area contributed by atoms with Crippen LogP contribution >= 0.6 is 12.4 Å². The number of rotatable bonds is 6. The van der Waals surface area contributed by atoms with Crippen LogP contribution in [-0.2, 0) is 6.42 Å². The molecule has 0 saturated heterocycles. The smallest absolute Gasteiger partial charge is 0.338 e. The Morgan fingerprint density at radius 1 is 1.25 bits per heavy atom. The van der Waals surface area contributed by atoms with Gasteiger partial charge in [0.15, 0.2) is 0 Å². The number of aromatic nitrogens is 1. The average Bonchev–Trinajstić information content (AvgIpc) is 2.53. The highest BCUT2D eigenvalue weighted by Gasteiger charge is 2.13. The van der Waals surface area contributed by atoms with Crippen LogP contribution in [0.25, 0.3) is 0 Å². The SMILES string of the molecule is CCCCc1ccc(C(=O)Nc2ccc(C(=O)O)c(F)c2)nc1.Cl. The summed E-state index contributed by atoms with van der Waals surface area (Å²) < 4.78 is 13.6. The van der Waals surface area contributed by atoms with Crippen molar-refractivity contribution >= 4 is 30.0 Å². The van der Waals surface area contributed by atoms with Crippen molar-refractivity contribution in [2.45, 2.75) is 26.2 Å². The molecule has 0 saturated carbocycles. The van der Waals surface area contributed by atoms with E-state index in [4.69, 9.17) is 5.11 Å². The minimum absolute atomic E-state index is 0. The molecule has 1 aromatic heterocycles. The molecule has 0 radical (unpaired) electrons. The van der Waals surface area contributed by atoms with Crippen LogP contribution in [0.5, 0.6) is 0 Å². The Kier molecular flexibility index (Phi) is 7.32. The van der Waals surface area contributed by atoms with Crippen molar-refractivity contribution < 1.29 is 19.1 Å². The van der Waals surface area contributed by atoms with E-state index in [1.807, 2.05) is 6.07 Å². The lowest BCUT2D eigenvalue weighted by molar-refractivity contribution is 0.0692. The Labute approximate surface area is 145 Å². The predicted molar refractivity (Wildman–Crippen MR) is 91.4 cm³/mol. The number of carbonyl (C=O) groups is 2. The molecule has 24 heavy (non-hydrogen) atoms. The Hall–Kier alpha value is -2.47. The first-order valence-electron chi connectivity index (χ1n) is 7.30. The van der Waals surface area contributed by atoms with E-state index in [-0.39, 0.29) is 23.8 Å². The van der Waals surface area contributed by atoms with Crippen molar-refractivity contribution in [2.24, 2.45) is 0 Å². The van der Waals surface area contributed by atoms with E-state index < -0.39 is 23.3 Å². The zero-order valence-corrected chi connectivity index (χ0v) is 13.9. The van der Waals surface area contributed by atoms with E-state index >= 15 is 0 Å². The summed E-state index contributed by atoms with van der Waals surface area (Å²) in [5.41, 5.74) is 1.00. The zero-order chi connectivity index (χ0) is 16.8. The number of benzene rings is 1. The number of carboxylic acid groups (broad SMARTS) is 1. The molecular formula is C17H18ClFN2O3. The van der Waals surface area contributed by atoms with E-state index in [9.17, 15) is 14.0 Å². The Morgan fingerprint density at radius 3 is 2.54 bits per heavy atom. The van der Waals surface area contributed by atoms with Crippen molar-refractivity contribution in [2.75, 3.05) is 5.32 Å². The molecule has 2 rings (SSSR count). The number of carbonyl (C=O) groups excluding carboxylic acids is 1. The highest BCUT2D eigenvalue weighted by atomic mass is 35.5. The standard InChI is InChI=1S/C17H17FN2O3.ClH/c1-2-3-4-11-5-8-15(19-10-11)16(21)20-12-6-7-13(17(22)23)14(18)9-12;/h5-10H,2-4H2,1H3,(H,20,21)(H,22,23);1H. The first-order valence-corrected chi connectivity index (χ1v) is 7.30. The maximum atomic E-state index is 13.6. The zero-order valence-electron chi connectivity index (χ0n) is 13.1. The average molecular weight is 353 g/mol. The third-order valence-electron chi connectivity index (χ3n) is 3.33. The van der Waals surface area contributed by atoms with Crippen LogP contribution in [0.15, 0.2) is 36.5 Å². The van der Waals surface area contributed by atoms with Crippen LogP contribution in [0, 0.1) is 5.82 Å². The summed E-state index contributed by atoms with van der Waals surface area (Å²) in [4.78, 5) is 26.9. The van der Waals surface area contributed by atoms with Crippen molar-refractivity contribution in [3.63, 3.8) is 0 Å². The molecule has 1 aromatic carbocycles.